The van der Waals surface area contributed by atoms with E-state index in [4.69, 9.17) is 4.74 Å². The van der Waals surface area contributed by atoms with Crippen molar-refractivity contribution in [3.05, 3.63) is 0 Å². The third-order valence-corrected chi connectivity index (χ3v) is 4.95. The lowest BCUT2D eigenvalue weighted by molar-refractivity contribution is -0.0124. The topological polar surface area (TPSA) is 24.5 Å². The number of piperazine rings is 1. The van der Waals surface area contributed by atoms with Crippen LogP contribution in [0.4, 0.5) is 0 Å². The molecule has 1 saturated carbocycles. The Morgan fingerprint density at radius 3 is 2.56 bits per heavy atom. The highest BCUT2D eigenvalue weighted by atomic mass is 16.5. The third-order valence-electron chi connectivity index (χ3n) is 4.95. The molecule has 18 heavy (non-hydrogen) atoms. The second kappa shape index (κ2) is 5.10. The van der Waals surface area contributed by atoms with Crippen LogP contribution < -0.4 is 5.32 Å². The number of ether oxygens (including phenoxy) is 1. The van der Waals surface area contributed by atoms with Crippen LogP contribution in [0, 0.1) is 5.92 Å². The van der Waals surface area contributed by atoms with E-state index in [-0.39, 0.29) is 5.54 Å². The van der Waals surface area contributed by atoms with E-state index in [1.807, 2.05) is 0 Å². The SMILES string of the molecule is COCCC(C)N1CC(C)(C2CC2)NCC1(C)C. The number of hydrogen-bond donors (Lipinski definition) is 1. The first-order valence-electron chi connectivity index (χ1n) is 7.40. The molecule has 2 fully saturated rings. The number of nitrogens with one attached hydrogen (secondary N) is 1. The van der Waals surface area contributed by atoms with E-state index >= 15 is 0 Å². The fourth-order valence-corrected chi connectivity index (χ4v) is 3.33. The van der Waals surface area contributed by atoms with Crippen LogP contribution >= 0.6 is 0 Å². The molecular formula is C15H30N2O. The van der Waals surface area contributed by atoms with Crippen LogP contribution in [0.25, 0.3) is 0 Å². The Morgan fingerprint density at radius 2 is 2.00 bits per heavy atom. The quantitative estimate of drug-likeness (QED) is 0.814. The van der Waals surface area contributed by atoms with Gasteiger partial charge in [0, 0.05) is 43.9 Å². The van der Waals surface area contributed by atoms with E-state index in [0.717, 1.165) is 25.5 Å². The van der Waals surface area contributed by atoms with E-state index in [0.29, 0.717) is 11.6 Å². The number of nitrogens with zero attached hydrogens (tertiary/aromatic N) is 1. The smallest absolute Gasteiger partial charge is 0.0477 e. The van der Waals surface area contributed by atoms with Gasteiger partial charge >= 0.3 is 0 Å². The standard InChI is InChI=1S/C15H30N2O/c1-12(8-9-18-5)17-11-15(4,13-6-7-13)16-10-14(17,2)3/h12-13,16H,6-11H2,1-5H3. The predicted molar refractivity (Wildman–Crippen MR) is 75.9 cm³/mol. The summed E-state index contributed by atoms with van der Waals surface area (Å²) in [5.74, 6) is 0.894. The summed E-state index contributed by atoms with van der Waals surface area (Å²) in [7, 11) is 1.80. The van der Waals surface area contributed by atoms with Gasteiger partial charge < -0.3 is 10.1 Å². The van der Waals surface area contributed by atoms with Crippen LogP contribution in [0.2, 0.25) is 0 Å². The summed E-state index contributed by atoms with van der Waals surface area (Å²) >= 11 is 0. The van der Waals surface area contributed by atoms with Gasteiger partial charge in [-0.1, -0.05) is 0 Å². The molecule has 1 heterocycles. The van der Waals surface area contributed by atoms with Crippen LogP contribution in [-0.2, 0) is 4.74 Å². The molecule has 1 saturated heterocycles. The van der Waals surface area contributed by atoms with Crippen molar-refractivity contribution in [2.24, 2.45) is 5.92 Å². The molecule has 1 aliphatic heterocycles. The first kappa shape index (κ1) is 14.3. The van der Waals surface area contributed by atoms with Crippen LogP contribution in [-0.4, -0.2) is 48.8 Å². The predicted octanol–water partition coefficient (Wildman–Crippen LogP) is 2.26. The molecule has 2 aliphatic rings. The minimum Gasteiger partial charge on any atom is -0.385 e. The van der Waals surface area contributed by atoms with Crippen molar-refractivity contribution in [2.75, 3.05) is 26.8 Å². The van der Waals surface area contributed by atoms with Crippen molar-refractivity contribution < 1.29 is 4.74 Å². The maximum Gasteiger partial charge on any atom is 0.0477 e. The molecule has 106 valence electrons. The average Bonchev–Trinajstić information content (AvgIpc) is 3.14. The van der Waals surface area contributed by atoms with Crippen molar-refractivity contribution in [3.63, 3.8) is 0 Å². The summed E-state index contributed by atoms with van der Waals surface area (Å²) in [5, 5.41) is 3.82. The van der Waals surface area contributed by atoms with Crippen molar-refractivity contribution in [2.45, 2.75) is 64.1 Å². The molecule has 0 bridgehead atoms. The zero-order valence-electron chi connectivity index (χ0n) is 12.8. The van der Waals surface area contributed by atoms with Gasteiger partial charge in [0.05, 0.1) is 0 Å². The Balaban J connectivity index is 2.03. The molecule has 0 spiro atoms. The lowest BCUT2D eigenvalue weighted by Gasteiger charge is -2.53. The van der Waals surface area contributed by atoms with E-state index in [9.17, 15) is 0 Å². The molecule has 1 aliphatic carbocycles. The number of rotatable bonds is 5. The molecule has 0 aromatic carbocycles. The fraction of sp³-hybridized carbons (Fsp3) is 1.00. The second-order valence-corrected chi connectivity index (χ2v) is 7.12. The van der Waals surface area contributed by atoms with Crippen molar-refractivity contribution in [1.82, 2.24) is 10.2 Å². The summed E-state index contributed by atoms with van der Waals surface area (Å²) in [5.41, 5.74) is 0.582. The number of hydrogen-bond acceptors (Lipinski definition) is 3. The maximum atomic E-state index is 5.24. The molecular weight excluding hydrogens is 224 g/mol. The molecule has 0 aromatic heterocycles. The Labute approximate surface area is 112 Å². The summed E-state index contributed by atoms with van der Waals surface area (Å²) in [6, 6.07) is 0.597. The third kappa shape index (κ3) is 2.89. The Kier molecular flexibility index (Phi) is 4.05. The molecule has 0 radical (unpaired) electrons. The lowest BCUT2D eigenvalue weighted by atomic mass is 9.85. The molecule has 3 heteroatoms. The fourth-order valence-electron chi connectivity index (χ4n) is 3.33. The number of methoxy groups -OCH3 is 1. The van der Waals surface area contributed by atoms with E-state index < -0.39 is 0 Å². The molecule has 1 N–H and O–H groups in total. The van der Waals surface area contributed by atoms with Crippen molar-refractivity contribution in [1.29, 1.82) is 0 Å². The molecule has 0 aromatic rings. The Morgan fingerprint density at radius 1 is 1.33 bits per heavy atom. The van der Waals surface area contributed by atoms with Gasteiger partial charge in [-0.2, -0.15) is 0 Å². The van der Waals surface area contributed by atoms with E-state index in [1.54, 1.807) is 7.11 Å². The maximum absolute atomic E-state index is 5.24. The molecule has 2 unspecified atom stereocenters. The van der Waals surface area contributed by atoms with Gasteiger partial charge in [-0.05, 0) is 52.9 Å². The Bertz CT molecular complexity index is 288. The van der Waals surface area contributed by atoms with Crippen molar-refractivity contribution >= 4 is 0 Å². The van der Waals surface area contributed by atoms with Gasteiger partial charge in [0.1, 0.15) is 0 Å². The van der Waals surface area contributed by atoms with Crippen LogP contribution in [0.15, 0.2) is 0 Å². The normalized spacial score (nSPS) is 34.5. The van der Waals surface area contributed by atoms with Crippen LogP contribution in [0.3, 0.4) is 0 Å². The van der Waals surface area contributed by atoms with Crippen LogP contribution in [0.1, 0.15) is 47.0 Å². The Hall–Kier alpha value is -0.120. The van der Waals surface area contributed by atoms with Gasteiger partial charge in [-0.15, -0.1) is 0 Å². The highest BCUT2D eigenvalue weighted by Gasteiger charge is 2.48. The zero-order valence-corrected chi connectivity index (χ0v) is 12.8. The summed E-state index contributed by atoms with van der Waals surface area (Å²) in [6.45, 7) is 12.6. The highest BCUT2D eigenvalue weighted by Crippen LogP contribution is 2.43. The first-order valence-corrected chi connectivity index (χ1v) is 7.40. The summed E-state index contributed by atoms with van der Waals surface area (Å²) in [6.07, 6.45) is 3.94. The highest BCUT2D eigenvalue weighted by molar-refractivity contribution is 5.07. The largest absolute Gasteiger partial charge is 0.385 e. The van der Waals surface area contributed by atoms with E-state index in [1.165, 1.54) is 19.4 Å². The summed E-state index contributed by atoms with van der Waals surface area (Å²) in [4.78, 5) is 2.70. The lowest BCUT2D eigenvalue weighted by Crippen LogP contribution is -2.69. The van der Waals surface area contributed by atoms with Gasteiger partial charge in [0.15, 0.2) is 0 Å². The first-order chi connectivity index (χ1) is 8.39. The summed E-state index contributed by atoms with van der Waals surface area (Å²) < 4.78 is 5.24. The van der Waals surface area contributed by atoms with Gasteiger partial charge in [0.2, 0.25) is 0 Å². The minimum absolute atomic E-state index is 0.252. The molecule has 2 rings (SSSR count). The molecule has 3 nitrogen and oxygen atoms in total. The van der Waals surface area contributed by atoms with Crippen LogP contribution in [0.5, 0.6) is 0 Å². The van der Waals surface area contributed by atoms with Gasteiger partial charge in [0.25, 0.3) is 0 Å². The second-order valence-electron chi connectivity index (χ2n) is 7.12. The van der Waals surface area contributed by atoms with Crippen molar-refractivity contribution in [3.8, 4) is 0 Å². The van der Waals surface area contributed by atoms with Gasteiger partial charge in [-0.3, -0.25) is 4.90 Å². The minimum atomic E-state index is 0.252. The average molecular weight is 254 g/mol. The monoisotopic (exact) mass is 254 g/mol. The van der Waals surface area contributed by atoms with E-state index in [2.05, 4.69) is 37.9 Å². The molecule has 2 atom stereocenters. The van der Waals surface area contributed by atoms with Gasteiger partial charge in [-0.25, -0.2) is 0 Å². The molecule has 0 amide bonds. The zero-order chi connectivity index (χ0) is 13.4.